The molecule has 130 valence electrons. The number of aliphatic imine (C=N–C) groups is 1. The number of allylic oxidation sites excluding steroid dienone is 3. The van der Waals surface area contributed by atoms with Crippen LogP contribution >= 0.6 is 11.6 Å². The molecule has 0 unspecified atom stereocenters. The van der Waals surface area contributed by atoms with E-state index in [4.69, 9.17) is 11.6 Å². The Labute approximate surface area is 157 Å². The van der Waals surface area contributed by atoms with Gasteiger partial charge in [-0.2, -0.15) is 0 Å². The van der Waals surface area contributed by atoms with Crippen molar-refractivity contribution < 1.29 is 5.11 Å². The molecule has 2 aliphatic heterocycles. The maximum Gasteiger partial charge on any atom is 0.140 e. The van der Waals surface area contributed by atoms with Gasteiger partial charge in [0.25, 0.3) is 0 Å². The van der Waals surface area contributed by atoms with Crippen molar-refractivity contribution in [2.45, 2.75) is 13.0 Å². The number of fused-ring (bicyclic) bond motifs is 1. The lowest BCUT2D eigenvalue weighted by molar-refractivity contribution is 0.439. The van der Waals surface area contributed by atoms with E-state index >= 15 is 0 Å². The Kier molecular flexibility index (Phi) is 4.50. The normalized spacial score (nSPS) is 17.4. The largest absolute Gasteiger partial charge is 0.508 e. The molecule has 0 atom stereocenters. The van der Waals surface area contributed by atoms with Gasteiger partial charge < -0.3 is 5.11 Å². The van der Waals surface area contributed by atoms with Crippen LogP contribution in [0.1, 0.15) is 17.5 Å². The Morgan fingerprint density at radius 2 is 1.96 bits per heavy atom. The Balaban J connectivity index is 1.57. The van der Waals surface area contributed by atoms with Crippen molar-refractivity contribution in [1.82, 2.24) is 10.4 Å². The quantitative estimate of drug-likeness (QED) is 0.834. The van der Waals surface area contributed by atoms with Crippen molar-refractivity contribution in [3.05, 3.63) is 94.7 Å². The SMILES string of the molecule is Oc1cccc(C2=CCC=C3C=CC(=NCc4cccc(Cl)c4)NN32)c1. The zero-order valence-electron chi connectivity index (χ0n) is 14.1. The van der Waals surface area contributed by atoms with E-state index in [1.165, 1.54) is 0 Å². The number of hydrazine groups is 1. The minimum atomic E-state index is 0.252. The van der Waals surface area contributed by atoms with Crippen LogP contribution in [0.4, 0.5) is 0 Å². The highest BCUT2D eigenvalue weighted by atomic mass is 35.5. The Bertz CT molecular complexity index is 959. The summed E-state index contributed by atoms with van der Waals surface area (Å²) in [7, 11) is 0. The van der Waals surface area contributed by atoms with Crippen LogP contribution in [0.5, 0.6) is 5.75 Å². The second-order valence-corrected chi connectivity index (χ2v) is 6.55. The Morgan fingerprint density at radius 3 is 2.81 bits per heavy atom. The van der Waals surface area contributed by atoms with Crippen molar-refractivity contribution >= 4 is 23.1 Å². The number of nitrogens with one attached hydrogen (secondary N) is 1. The van der Waals surface area contributed by atoms with Gasteiger partial charge in [0.05, 0.1) is 17.9 Å². The lowest BCUT2D eigenvalue weighted by Gasteiger charge is -2.34. The number of rotatable bonds is 3. The Morgan fingerprint density at radius 1 is 1.08 bits per heavy atom. The summed E-state index contributed by atoms with van der Waals surface area (Å²) in [6, 6.07) is 15.0. The third kappa shape index (κ3) is 3.51. The zero-order valence-corrected chi connectivity index (χ0v) is 14.8. The number of hydrogen-bond acceptors (Lipinski definition) is 3. The highest BCUT2D eigenvalue weighted by Crippen LogP contribution is 2.30. The van der Waals surface area contributed by atoms with E-state index in [1.54, 1.807) is 12.1 Å². The molecule has 4 rings (SSSR count). The molecule has 0 radical (unpaired) electrons. The van der Waals surface area contributed by atoms with Crippen molar-refractivity contribution in [3.8, 4) is 5.75 Å². The molecular weight excluding hydrogens is 346 g/mol. The van der Waals surface area contributed by atoms with Crippen molar-refractivity contribution in [2.24, 2.45) is 4.99 Å². The molecule has 0 amide bonds. The molecule has 0 aliphatic carbocycles. The number of benzene rings is 2. The predicted octanol–water partition coefficient (Wildman–Crippen LogP) is 4.65. The van der Waals surface area contributed by atoms with E-state index in [9.17, 15) is 5.11 Å². The lowest BCUT2D eigenvalue weighted by atomic mass is 10.1. The first kappa shape index (κ1) is 16.5. The molecule has 26 heavy (non-hydrogen) atoms. The molecule has 2 aromatic carbocycles. The third-order valence-corrected chi connectivity index (χ3v) is 4.47. The van der Waals surface area contributed by atoms with Gasteiger partial charge in [-0.25, -0.2) is 0 Å². The second kappa shape index (κ2) is 7.10. The van der Waals surface area contributed by atoms with E-state index in [2.05, 4.69) is 22.6 Å². The maximum absolute atomic E-state index is 9.80. The number of hydrogen-bond donors (Lipinski definition) is 2. The van der Waals surface area contributed by atoms with Gasteiger partial charge in [-0.3, -0.25) is 15.4 Å². The average Bonchev–Trinajstić information content (AvgIpc) is 2.66. The third-order valence-electron chi connectivity index (χ3n) is 4.24. The van der Waals surface area contributed by atoms with Crippen LogP contribution in [0, 0.1) is 0 Å². The minimum absolute atomic E-state index is 0.252. The summed E-state index contributed by atoms with van der Waals surface area (Å²) in [4.78, 5) is 4.65. The standard InChI is InChI=1S/C21H18ClN3O/c22-17-6-1-4-15(12-17)14-23-21-11-10-18-7-3-9-20(25(18)24-21)16-5-2-8-19(26)13-16/h1-2,4-13,26H,3,14H2,(H,23,24). The van der Waals surface area contributed by atoms with Crippen LogP contribution in [0.25, 0.3) is 5.70 Å². The summed E-state index contributed by atoms with van der Waals surface area (Å²) < 4.78 is 0. The molecule has 0 fully saturated rings. The van der Waals surface area contributed by atoms with Crippen LogP contribution in [0.15, 0.2) is 83.5 Å². The van der Waals surface area contributed by atoms with Crippen molar-refractivity contribution in [1.29, 1.82) is 0 Å². The predicted molar refractivity (Wildman–Crippen MR) is 105 cm³/mol. The number of nitrogens with zero attached hydrogens (tertiary/aromatic N) is 2. The minimum Gasteiger partial charge on any atom is -0.508 e. The van der Waals surface area contributed by atoms with E-state index in [0.717, 1.165) is 34.8 Å². The van der Waals surface area contributed by atoms with Crippen molar-refractivity contribution in [3.63, 3.8) is 0 Å². The van der Waals surface area contributed by atoms with Gasteiger partial charge in [0, 0.05) is 10.6 Å². The fourth-order valence-electron chi connectivity index (χ4n) is 3.01. The van der Waals surface area contributed by atoms with Gasteiger partial charge in [-0.1, -0.05) is 48.0 Å². The van der Waals surface area contributed by atoms with Crippen LogP contribution in [-0.4, -0.2) is 16.0 Å². The molecule has 0 saturated heterocycles. The molecule has 0 aromatic heterocycles. The van der Waals surface area contributed by atoms with Crippen LogP contribution in [0.2, 0.25) is 5.02 Å². The first-order valence-corrected chi connectivity index (χ1v) is 8.80. The van der Waals surface area contributed by atoms with Gasteiger partial charge in [-0.05, 0) is 48.4 Å². The molecule has 5 heteroatoms. The molecule has 2 N–H and O–H groups in total. The summed E-state index contributed by atoms with van der Waals surface area (Å²) in [6.45, 7) is 0.547. The second-order valence-electron chi connectivity index (χ2n) is 6.12. The molecule has 4 nitrogen and oxygen atoms in total. The summed E-state index contributed by atoms with van der Waals surface area (Å²) in [5.74, 6) is 1.02. The molecule has 2 heterocycles. The van der Waals surface area contributed by atoms with Crippen LogP contribution in [-0.2, 0) is 6.54 Å². The number of amidine groups is 1. The highest BCUT2D eigenvalue weighted by Gasteiger charge is 2.21. The highest BCUT2D eigenvalue weighted by molar-refractivity contribution is 6.30. The van der Waals surface area contributed by atoms with Gasteiger partial charge in [0.1, 0.15) is 11.6 Å². The van der Waals surface area contributed by atoms with E-state index < -0.39 is 0 Å². The van der Waals surface area contributed by atoms with Crippen LogP contribution in [0.3, 0.4) is 0 Å². The zero-order chi connectivity index (χ0) is 17.9. The fourth-order valence-corrected chi connectivity index (χ4v) is 3.22. The summed E-state index contributed by atoms with van der Waals surface area (Å²) in [5.41, 5.74) is 7.43. The smallest absolute Gasteiger partial charge is 0.140 e. The monoisotopic (exact) mass is 363 g/mol. The molecule has 0 saturated carbocycles. The van der Waals surface area contributed by atoms with Gasteiger partial charge >= 0.3 is 0 Å². The van der Waals surface area contributed by atoms with E-state index in [-0.39, 0.29) is 5.75 Å². The first-order valence-electron chi connectivity index (χ1n) is 8.42. The molecular formula is C21H18ClN3O. The van der Waals surface area contributed by atoms with Gasteiger partial charge in [0.2, 0.25) is 0 Å². The number of phenols is 1. The van der Waals surface area contributed by atoms with Gasteiger partial charge in [0.15, 0.2) is 0 Å². The van der Waals surface area contributed by atoms with Crippen molar-refractivity contribution in [2.75, 3.05) is 0 Å². The summed E-state index contributed by atoms with van der Waals surface area (Å²) in [6.07, 6.45) is 9.13. The Hall–Kier alpha value is -2.98. The summed E-state index contributed by atoms with van der Waals surface area (Å²) in [5, 5.41) is 12.5. The number of phenolic OH excluding ortho intramolecular Hbond substituents is 1. The van der Waals surface area contributed by atoms with Crippen LogP contribution < -0.4 is 5.43 Å². The lowest BCUT2D eigenvalue weighted by Crippen LogP contribution is -2.42. The van der Waals surface area contributed by atoms with Gasteiger partial charge in [-0.15, -0.1) is 0 Å². The molecule has 2 aromatic rings. The molecule has 0 spiro atoms. The fraction of sp³-hybridized carbons (Fsp3) is 0.0952. The van der Waals surface area contributed by atoms with E-state index in [0.29, 0.717) is 11.6 Å². The topological polar surface area (TPSA) is 47.9 Å². The average molecular weight is 364 g/mol. The van der Waals surface area contributed by atoms with E-state index in [1.807, 2.05) is 53.6 Å². The maximum atomic E-state index is 9.80. The number of halogens is 1. The molecule has 2 aliphatic rings. The molecule has 0 bridgehead atoms. The number of aromatic hydroxyl groups is 1. The summed E-state index contributed by atoms with van der Waals surface area (Å²) >= 11 is 6.04. The first-order chi connectivity index (χ1) is 12.7.